The minimum atomic E-state index is -0.538. The van der Waals surface area contributed by atoms with E-state index in [2.05, 4.69) is 31.1 Å². The number of aliphatic hydroxyl groups excluding tert-OH is 1. The maximum Gasteiger partial charge on any atom is 0.327 e. The van der Waals surface area contributed by atoms with E-state index in [1.54, 1.807) is 0 Å². The lowest BCUT2D eigenvalue weighted by Crippen LogP contribution is -2.39. The zero-order valence-electron chi connectivity index (χ0n) is 10.3. The smallest absolute Gasteiger partial charge is 0.327 e. The minimum Gasteiger partial charge on any atom is -0.468 e. The molecule has 0 unspecified atom stereocenters. The van der Waals surface area contributed by atoms with Crippen LogP contribution in [-0.4, -0.2) is 40.1 Å². The van der Waals surface area contributed by atoms with Crippen LogP contribution in [0.4, 0.5) is 5.69 Å². The van der Waals surface area contributed by atoms with Gasteiger partial charge in [-0.25, -0.2) is 4.68 Å². The molecular formula is C11H14BrN3O4. The molecule has 8 heteroatoms. The molecule has 0 amide bonds. The van der Waals surface area contributed by atoms with Gasteiger partial charge in [-0.1, -0.05) is 0 Å². The van der Waals surface area contributed by atoms with Gasteiger partial charge >= 0.3 is 5.97 Å². The number of carbonyl (C=O) groups is 1. The lowest BCUT2D eigenvalue weighted by Gasteiger charge is -2.32. The number of nitrogens with one attached hydrogen (secondary N) is 1. The van der Waals surface area contributed by atoms with Crippen LogP contribution in [-0.2, 0) is 16.1 Å². The van der Waals surface area contributed by atoms with Crippen molar-refractivity contribution in [1.82, 2.24) is 9.78 Å². The number of hydrogen-bond donors (Lipinski definition) is 2. The Morgan fingerprint density at radius 2 is 2.37 bits per heavy atom. The van der Waals surface area contributed by atoms with Gasteiger partial charge in [-0.3, -0.25) is 9.59 Å². The molecule has 1 heterocycles. The number of esters is 1. The Bertz CT molecular complexity index is 539. The van der Waals surface area contributed by atoms with E-state index in [1.165, 1.54) is 13.3 Å². The van der Waals surface area contributed by atoms with E-state index >= 15 is 0 Å². The second-order valence-electron chi connectivity index (χ2n) is 4.38. The SMILES string of the molecule is COC(=O)Cn1ncc(NC2CC(O)C2)c(Br)c1=O. The van der Waals surface area contributed by atoms with Crippen molar-refractivity contribution < 1.29 is 14.6 Å². The van der Waals surface area contributed by atoms with Crippen LogP contribution >= 0.6 is 15.9 Å². The molecule has 104 valence electrons. The summed E-state index contributed by atoms with van der Waals surface area (Å²) in [5.74, 6) is -0.538. The Labute approximate surface area is 117 Å². The molecular weight excluding hydrogens is 318 g/mol. The summed E-state index contributed by atoms with van der Waals surface area (Å²) >= 11 is 3.19. The van der Waals surface area contributed by atoms with Crippen molar-refractivity contribution in [1.29, 1.82) is 0 Å². The third-order valence-electron chi connectivity index (χ3n) is 2.96. The van der Waals surface area contributed by atoms with Crippen LogP contribution in [0.1, 0.15) is 12.8 Å². The Kier molecular flexibility index (Phi) is 4.20. The Morgan fingerprint density at radius 1 is 1.68 bits per heavy atom. The lowest BCUT2D eigenvalue weighted by atomic mass is 9.89. The van der Waals surface area contributed by atoms with Gasteiger partial charge in [0.25, 0.3) is 5.56 Å². The van der Waals surface area contributed by atoms with Crippen LogP contribution in [0.5, 0.6) is 0 Å². The molecule has 1 saturated carbocycles. The summed E-state index contributed by atoms with van der Waals surface area (Å²) in [4.78, 5) is 23.1. The highest BCUT2D eigenvalue weighted by atomic mass is 79.9. The molecule has 0 spiro atoms. The monoisotopic (exact) mass is 331 g/mol. The molecule has 1 aromatic heterocycles. The third-order valence-corrected chi connectivity index (χ3v) is 3.73. The summed E-state index contributed by atoms with van der Waals surface area (Å²) in [6.45, 7) is -0.226. The highest BCUT2D eigenvalue weighted by molar-refractivity contribution is 9.10. The van der Waals surface area contributed by atoms with Gasteiger partial charge in [0.15, 0.2) is 0 Å². The van der Waals surface area contributed by atoms with Gasteiger partial charge in [-0.05, 0) is 28.8 Å². The molecule has 2 N–H and O–H groups in total. The van der Waals surface area contributed by atoms with Crippen LogP contribution in [0.2, 0.25) is 0 Å². The summed E-state index contributed by atoms with van der Waals surface area (Å²) in [6, 6.07) is 0.143. The molecule has 1 aliphatic carbocycles. The van der Waals surface area contributed by atoms with E-state index in [0.717, 1.165) is 4.68 Å². The van der Waals surface area contributed by atoms with Gasteiger partial charge in [0.05, 0.1) is 25.1 Å². The first-order valence-corrected chi connectivity index (χ1v) is 6.57. The summed E-state index contributed by atoms with van der Waals surface area (Å²) < 4.78 is 5.82. The maximum atomic E-state index is 11.9. The van der Waals surface area contributed by atoms with Crippen molar-refractivity contribution in [2.24, 2.45) is 0 Å². The van der Waals surface area contributed by atoms with E-state index in [-0.39, 0.29) is 18.7 Å². The fourth-order valence-electron chi connectivity index (χ4n) is 1.79. The molecule has 1 aromatic rings. The number of methoxy groups -OCH3 is 1. The van der Waals surface area contributed by atoms with Gasteiger partial charge < -0.3 is 15.2 Å². The molecule has 0 saturated heterocycles. The van der Waals surface area contributed by atoms with Crippen molar-refractivity contribution in [2.45, 2.75) is 31.5 Å². The van der Waals surface area contributed by atoms with Crippen molar-refractivity contribution in [2.75, 3.05) is 12.4 Å². The Morgan fingerprint density at radius 3 is 2.95 bits per heavy atom. The molecule has 2 rings (SSSR count). The van der Waals surface area contributed by atoms with E-state index in [0.29, 0.717) is 23.0 Å². The summed E-state index contributed by atoms with van der Waals surface area (Å²) in [5.41, 5.74) is 0.151. The number of aliphatic hydroxyl groups is 1. The first-order chi connectivity index (χ1) is 9.01. The van der Waals surface area contributed by atoms with Crippen molar-refractivity contribution in [3.63, 3.8) is 0 Å². The molecule has 0 radical (unpaired) electrons. The topological polar surface area (TPSA) is 93.5 Å². The highest BCUT2D eigenvalue weighted by Crippen LogP contribution is 2.26. The number of halogens is 1. The van der Waals surface area contributed by atoms with Gasteiger partial charge in [-0.15, -0.1) is 0 Å². The fraction of sp³-hybridized carbons (Fsp3) is 0.545. The molecule has 0 aromatic carbocycles. The molecule has 0 atom stereocenters. The van der Waals surface area contributed by atoms with Gasteiger partial charge in [0.1, 0.15) is 11.0 Å². The largest absolute Gasteiger partial charge is 0.468 e. The van der Waals surface area contributed by atoms with Crippen LogP contribution in [0.15, 0.2) is 15.5 Å². The van der Waals surface area contributed by atoms with Crippen molar-refractivity contribution >= 4 is 27.6 Å². The number of nitrogens with zero attached hydrogens (tertiary/aromatic N) is 2. The summed E-state index contributed by atoms with van der Waals surface area (Å²) in [6.07, 6.45) is 2.50. The first kappa shape index (κ1) is 14.0. The van der Waals surface area contributed by atoms with E-state index in [9.17, 15) is 14.7 Å². The average Bonchev–Trinajstić information content (AvgIpc) is 2.36. The summed E-state index contributed by atoms with van der Waals surface area (Å²) in [5, 5.41) is 16.2. The van der Waals surface area contributed by atoms with E-state index in [4.69, 9.17) is 0 Å². The maximum absolute atomic E-state index is 11.9. The number of carbonyl (C=O) groups excluding carboxylic acids is 1. The molecule has 7 nitrogen and oxygen atoms in total. The first-order valence-electron chi connectivity index (χ1n) is 5.78. The molecule has 0 bridgehead atoms. The number of anilines is 1. The molecule has 1 aliphatic rings. The Hall–Kier alpha value is -1.41. The molecule has 0 aliphatic heterocycles. The van der Waals surface area contributed by atoms with Crippen molar-refractivity contribution in [3.05, 3.63) is 21.0 Å². The second-order valence-corrected chi connectivity index (χ2v) is 5.17. The third kappa shape index (κ3) is 3.13. The number of hydrogen-bond acceptors (Lipinski definition) is 6. The highest BCUT2D eigenvalue weighted by Gasteiger charge is 2.27. The Balaban J connectivity index is 2.13. The zero-order valence-corrected chi connectivity index (χ0v) is 11.9. The lowest BCUT2D eigenvalue weighted by molar-refractivity contribution is -0.141. The van der Waals surface area contributed by atoms with Gasteiger partial charge in [0, 0.05) is 6.04 Å². The molecule has 19 heavy (non-hydrogen) atoms. The van der Waals surface area contributed by atoms with Crippen LogP contribution in [0.3, 0.4) is 0 Å². The normalized spacial score (nSPS) is 21.6. The quantitative estimate of drug-likeness (QED) is 0.761. The summed E-state index contributed by atoms with van der Waals surface area (Å²) in [7, 11) is 1.25. The molecule has 1 fully saturated rings. The second kappa shape index (κ2) is 5.70. The predicted octanol–water partition coefficient (Wildman–Crippen LogP) is 0.114. The van der Waals surface area contributed by atoms with Crippen LogP contribution in [0.25, 0.3) is 0 Å². The van der Waals surface area contributed by atoms with Crippen LogP contribution < -0.4 is 10.9 Å². The standard InChI is InChI=1S/C11H14BrN3O4/c1-19-9(17)5-15-11(18)10(12)8(4-13-15)14-6-2-7(16)3-6/h4,6-7,14,16H,2-3,5H2,1H3. The van der Waals surface area contributed by atoms with Gasteiger partial charge in [-0.2, -0.15) is 5.10 Å². The van der Waals surface area contributed by atoms with Crippen molar-refractivity contribution in [3.8, 4) is 0 Å². The van der Waals surface area contributed by atoms with Crippen LogP contribution in [0, 0.1) is 0 Å². The number of rotatable bonds is 4. The predicted molar refractivity (Wildman–Crippen MR) is 70.9 cm³/mol. The minimum absolute atomic E-state index is 0.143. The zero-order chi connectivity index (χ0) is 14.0. The number of aromatic nitrogens is 2. The average molecular weight is 332 g/mol. The van der Waals surface area contributed by atoms with Gasteiger partial charge in [0.2, 0.25) is 0 Å². The number of ether oxygens (including phenoxy) is 1. The van der Waals surface area contributed by atoms with E-state index < -0.39 is 11.5 Å². The van der Waals surface area contributed by atoms with E-state index in [1.807, 2.05) is 0 Å². The fourth-order valence-corrected chi connectivity index (χ4v) is 2.21.